The molecular formula is C17H9Cl2N3OS. The maximum atomic E-state index is 12.8. The van der Waals surface area contributed by atoms with Crippen molar-refractivity contribution in [3.63, 3.8) is 0 Å². The molecule has 0 atom stereocenters. The molecule has 0 bridgehead atoms. The molecule has 2 aromatic carbocycles. The molecule has 0 saturated heterocycles. The second-order valence-electron chi connectivity index (χ2n) is 5.09. The molecule has 0 spiro atoms. The predicted octanol–water partition coefficient (Wildman–Crippen LogP) is 3.67. The molecule has 2 aromatic heterocycles. The fraction of sp³-hybridized carbons (Fsp3) is 0. The zero-order chi connectivity index (χ0) is 16.7. The lowest BCUT2D eigenvalue weighted by atomic mass is 10.2. The molecule has 0 unspecified atom stereocenters. The first-order valence-electron chi connectivity index (χ1n) is 7.03. The Labute approximate surface area is 150 Å². The summed E-state index contributed by atoms with van der Waals surface area (Å²) in [6, 6.07) is 14.7. The van der Waals surface area contributed by atoms with Gasteiger partial charge in [-0.15, -0.1) is 10.2 Å². The number of thiazole rings is 1. The molecule has 2 heterocycles. The van der Waals surface area contributed by atoms with Crippen LogP contribution in [0.5, 0.6) is 0 Å². The van der Waals surface area contributed by atoms with Gasteiger partial charge in [-0.25, -0.2) is 4.40 Å². The number of benzene rings is 2. The summed E-state index contributed by atoms with van der Waals surface area (Å²) in [5.74, 6) is 0.536. The highest BCUT2D eigenvalue weighted by atomic mass is 35.5. The molecule has 0 saturated carbocycles. The minimum absolute atomic E-state index is 0.162. The lowest BCUT2D eigenvalue weighted by molar-refractivity contribution is 1.09. The average Bonchev–Trinajstić information content (AvgIpc) is 3.12. The zero-order valence-electron chi connectivity index (χ0n) is 12.1. The molecule has 0 aliphatic rings. The average molecular weight is 374 g/mol. The fourth-order valence-corrected chi connectivity index (χ4v) is 3.76. The number of aromatic nitrogens is 3. The van der Waals surface area contributed by atoms with Crippen molar-refractivity contribution in [1.29, 1.82) is 0 Å². The maximum absolute atomic E-state index is 12.8. The molecule has 0 radical (unpaired) electrons. The van der Waals surface area contributed by atoms with Crippen molar-refractivity contribution in [1.82, 2.24) is 14.6 Å². The van der Waals surface area contributed by atoms with Crippen LogP contribution < -0.4 is 10.1 Å². The van der Waals surface area contributed by atoms with Crippen LogP contribution in [0.25, 0.3) is 22.4 Å². The van der Waals surface area contributed by atoms with E-state index in [1.807, 2.05) is 30.3 Å². The van der Waals surface area contributed by atoms with Crippen LogP contribution in [0, 0.1) is 0 Å². The van der Waals surface area contributed by atoms with Gasteiger partial charge in [-0.3, -0.25) is 4.79 Å². The highest BCUT2D eigenvalue weighted by molar-refractivity contribution is 7.15. The number of halogens is 2. The first-order valence-corrected chi connectivity index (χ1v) is 8.61. The summed E-state index contributed by atoms with van der Waals surface area (Å²) < 4.78 is 2.07. The molecule has 118 valence electrons. The van der Waals surface area contributed by atoms with Gasteiger partial charge in [-0.05, 0) is 23.8 Å². The summed E-state index contributed by atoms with van der Waals surface area (Å²) in [7, 11) is 0. The third kappa shape index (κ3) is 2.60. The van der Waals surface area contributed by atoms with E-state index in [4.69, 9.17) is 23.2 Å². The first-order chi connectivity index (χ1) is 11.6. The molecule has 0 aliphatic carbocycles. The Morgan fingerprint density at radius 1 is 1.04 bits per heavy atom. The Morgan fingerprint density at radius 2 is 1.83 bits per heavy atom. The zero-order valence-corrected chi connectivity index (χ0v) is 14.4. The highest BCUT2D eigenvalue weighted by Crippen LogP contribution is 2.22. The van der Waals surface area contributed by atoms with Gasteiger partial charge < -0.3 is 0 Å². The van der Waals surface area contributed by atoms with Crippen LogP contribution in [0.2, 0.25) is 10.0 Å². The number of fused-ring (bicyclic) bond motifs is 1. The van der Waals surface area contributed by atoms with Crippen LogP contribution in [0.3, 0.4) is 0 Å². The van der Waals surface area contributed by atoms with Crippen molar-refractivity contribution in [2.24, 2.45) is 0 Å². The maximum Gasteiger partial charge on any atom is 0.276 e. The molecule has 4 rings (SSSR count). The predicted molar refractivity (Wildman–Crippen MR) is 97.8 cm³/mol. The Hall–Kier alpha value is -2.21. The van der Waals surface area contributed by atoms with E-state index in [1.165, 1.54) is 15.7 Å². The van der Waals surface area contributed by atoms with Crippen molar-refractivity contribution in [2.45, 2.75) is 0 Å². The minimum atomic E-state index is -0.162. The molecular weight excluding hydrogens is 365 g/mol. The van der Waals surface area contributed by atoms with Gasteiger partial charge in [0.1, 0.15) is 0 Å². The van der Waals surface area contributed by atoms with E-state index in [0.29, 0.717) is 25.4 Å². The van der Waals surface area contributed by atoms with Crippen LogP contribution in [0.1, 0.15) is 5.56 Å². The van der Waals surface area contributed by atoms with Gasteiger partial charge in [0.2, 0.25) is 4.96 Å². The SMILES string of the molecule is O=c1c(=Cc2ccc(Cl)cc2Cl)sc2nnc(-c3ccccc3)n12. The normalized spacial score (nSPS) is 12.2. The number of hydrogen-bond acceptors (Lipinski definition) is 4. The Kier molecular flexibility index (Phi) is 3.84. The molecule has 24 heavy (non-hydrogen) atoms. The smallest absolute Gasteiger partial charge is 0.267 e. The Balaban J connectivity index is 1.93. The summed E-state index contributed by atoms with van der Waals surface area (Å²) in [4.78, 5) is 13.3. The minimum Gasteiger partial charge on any atom is -0.267 e. The quantitative estimate of drug-likeness (QED) is 0.538. The molecule has 0 amide bonds. The molecule has 4 nitrogen and oxygen atoms in total. The fourth-order valence-electron chi connectivity index (χ4n) is 2.40. The Morgan fingerprint density at radius 3 is 2.58 bits per heavy atom. The van der Waals surface area contributed by atoms with E-state index in [-0.39, 0.29) is 5.56 Å². The van der Waals surface area contributed by atoms with E-state index >= 15 is 0 Å². The summed E-state index contributed by atoms with van der Waals surface area (Å²) in [5.41, 5.74) is 1.41. The number of hydrogen-bond donors (Lipinski definition) is 0. The largest absolute Gasteiger partial charge is 0.276 e. The van der Waals surface area contributed by atoms with Gasteiger partial charge in [0.05, 0.1) is 4.53 Å². The van der Waals surface area contributed by atoms with Gasteiger partial charge in [0.25, 0.3) is 5.56 Å². The van der Waals surface area contributed by atoms with E-state index in [0.717, 1.165) is 11.1 Å². The summed E-state index contributed by atoms with van der Waals surface area (Å²) >= 11 is 13.4. The summed E-state index contributed by atoms with van der Waals surface area (Å²) in [6.07, 6.45) is 1.75. The van der Waals surface area contributed by atoms with Crippen LogP contribution in [0.15, 0.2) is 53.3 Å². The van der Waals surface area contributed by atoms with Crippen molar-refractivity contribution < 1.29 is 0 Å². The number of rotatable bonds is 2. The van der Waals surface area contributed by atoms with Crippen molar-refractivity contribution in [3.8, 4) is 11.4 Å². The van der Waals surface area contributed by atoms with Gasteiger partial charge in [-0.2, -0.15) is 0 Å². The highest BCUT2D eigenvalue weighted by Gasteiger charge is 2.14. The van der Waals surface area contributed by atoms with Crippen LogP contribution in [-0.4, -0.2) is 14.6 Å². The van der Waals surface area contributed by atoms with Crippen LogP contribution in [0.4, 0.5) is 0 Å². The first kappa shape index (κ1) is 15.3. The van der Waals surface area contributed by atoms with E-state index in [9.17, 15) is 4.79 Å². The van der Waals surface area contributed by atoms with Crippen molar-refractivity contribution >= 4 is 45.6 Å². The van der Waals surface area contributed by atoms with Gasteiger partial charge in [0, 0.05) is 15.6 Å². The lowest BCUT2D eigenvalue weighted by Gasteiger charge is -1.97. The molecule has 4 aromatic rings. The van der Waals surface area contributed by atoms with E-state index in [1.54, 1.807) is 24.3 Å². The summed E-state index contributed by atoms with van der Waals surface area (Å²) in [6.45, 7) is 0. The number of nitrogens with zero attached hydrogens (tertiary/aromatic N) is 3. The third-order valence-corrected chi connectivity index (χ3v) is 5.05. The second kappa shape index (κ2) is 6.02. The van der Waals surface area contributed by atoms with E-state index < -0.39 is 0 Å². The van der Waals surface area contributed by atoms with Crippen LogP contribution in [-0.2, 0) is 0 Å². The topological polar surface area (TPSA) is 47.3 Å². The second-order valence-corrected chi connectivity index (χ2v) is 6.94. The van der Waals surface area contributed by atoms with Crippen molar-refractivity contribution in [3.05, 3.63) is 79.0 Å². The monoisotopic (exact) mass is 373 g/mol. The summed E-state index contributed by atoms with van der Waals surface area (Å²) in [5, 5.41) is 9.29. The molecule has 7 heteroatoms. The van der Waals surface area contributed by atoms with Gasteiger partial charge >= 0.3 is 0 Å². The van der Waals surface area contributed by atoms with Gasteiger partial charge in [-0.1, -0.05) is 70.9 Å². The van der Waals surface area contributed by atoms with Crippen LogP contribution >= 0.6 is 34.5 Å². The molecule has 0 N–H and O–H groups in total. The van der Waals surface area contributed by atoms with E-state index in [2.05, 4.69) is 10.2 Å². The van der Waals surface area contributed by atoms with Gasteiger partial charge in [0.15, 0.2) is 5.82 Å². The van der Waals surface area contributed by atoms with Crippen molar-refractivity contribution in [2.75, 3.05) is 0 Å². The lowest BCUT2D eigenvalue weighted by Crippen LogP contribution is -2.23. The third-order valence-electron chi connectivity index (χ3n) is 3.53. The molecule has 0 aliphatic heterocycles. The Bertz CT molecular complexity index is 1150. The molecule has 0 fully saturated rings. The standard InChI is InChI=1S/C17H9Cl2N3OS/c18-12-7-6-11(13(19)9-12)8-14-16(23)22-15(20-21-17(22)24-14)10-4-2-1-3-5-10/h1-9H.